The van der Waals surface area contributed by atoms with E-state index in [1.807, 2.05) is 71.3 Å². The zero-order valence-electron chi connectivity index (χ0n) is 16.1. The van der Waals surface area contributed by atoms with Crippen LogP contribution in [0, 0.1) is 5.82 Å². The van der Waals surface area contributed by atoms with Crippen molar-refractivity contribution in [2.45, 2.75) is 6.54 Å². The van der Waals surface area contributed by atoms with E-state index < -0.39 is 0 Å². The van der Waals surface area contributed by atoms with Crippen LogP contribution in [0.1, 0.15) is 5.56 Å². The summed E-state index contributed by atoms with van der Waals surface area (Å²) in [5.41, 5.74) is 4.00. The first-order valence-electron chi connectivity index (χ1n) is 9.67. The molecule has 0 atom stereocenters. The van der Waals surface area contributed by atoms with Crippen LogP contribution in [0.15, 0.2) is 102 Å². The van der Waals surface area contributed by atoms with Crippen molar-refractivity contribution in [1.82, 2.24) is 14.1 Å². The Morgan fingerprint density at radius 3 is 2.20 bits per heavy atom. The number of halogens is 1. The molecule has 2 heterocycles. The van der Waals surface area contributed by atoms with Crippen molar-refractivity contribution in [2.75, 3.05) is 0 Å². The summed E-state index contributed by atoms with van der Waals surface area (Å²) < 4.78 is 17.0. The van der Waals surface area contributed by atoms with Gasteiger partial charge in [-0.2, -0.15) is 0 Å². The fourth-order valence-corrected chi connectivity index (χ4v) is 3.68. The summed E-state index contributed by atoms with van der Waals surface area (Å²) in [6.07, 6.45) is 1.58. The van der Waals surface area contributed by atoms with E-state index in [2.05, 4.69) is 4.98 Å². The highest BCUT2D eigenvalue weighted by molar-refractivity contribution is 5.85. The van der Waals surface area contributed by atoms with E-state index >= 15 is 0 Å². The normalized spacial score (nSPS) is 11.1. The molecule has 3 aromatic carbocycles. The maximum Gasteiger partial charge on any atom is 0.263 e. The van der Waals surface area contributed by atoms with Gasteiger partial charge in [-0.3, -0.25) is 13.9 Å². The van der Waals surface area contributed by atoms with Crippen molar-refractivity contribution in [3.63, 3.8) is 0 Å². The summed E-state index contributed by atoms with van der Waals surface area (Å²) in [6.45, 7) is 0.449. The molecule has 0 saturated heterocycles. The van der Waals surface area contributed by atoms with Crippen molar-refractivity contribution in [3.05, 3.63) is 119 Å². The van der Waals surface area contributed by atoms with E-state index in [1.165, 1.54) is 12.1 Å². The van der Waals surface area contributed by atoms with Crippen LogP contribution < -0.4 is 5.56 Å². The first-order chi connectivity index (χ1) is 14.7. The fourth-order valence-electron chi connectivity index (χ4n) is 3.68. The van der Waals surface area contributed by atoms with Gasteiger partial charge in [0.2, 0.25) is 0 Å². The van der Waals surface area contributed by atoms with Gasteiger partial charge in [0.05, 0.1) is 17.6 Å². The lowest BCUT2D eigenvalue weighted by molar-refractivity contribution is 0.627. The number of hydrogen-bond donors (Lipinski definition) is 0. The molecule has 5 rings (SSSR count). The molecule has 0 aliphatic rings. The zero-order valence-corrected chi connectivity index (χ0v) is 16.1. The van der Waals surface area contributed by atoms with E-state index in [1.54, 1.807) is 23.0 Å². The molecule has 146 valence electrons. The number of aromatic nitrogens is 3. The van der Waals surface area contributed by atoms with Crippen LogP contribution in [0.5, 0.6) is 0 Å². The highest BCUT2D eigenvalue weighted by Crippen LogP contribution is 2.29. The van der Waals surface area contributed by atoms with Gasteiger partial charge in [0.25, 0.3) is 5.56 Å². The Hall–Kier alpha value is -3.99. The van der Waals surface area contributed by atoms with Crippen molar-refractivity contribution in [2.24, 2.45) is 0 Å². The molecule has 0 aliphatic carbocycles. The van der Waals surface area contributed by atoms with E-state index in [0.29, 0.717) is 17.6 Å². The Bertz CT molecular complexity index is 1370. The average Bonchev–Trinajstić information content (AvgIpc) is 3.18. The lowest BCUT2D eigenvalue weighted by Crippen LogP contribution is -2.21. The monoisotopic (exact) mass is 395 g/mol. The molecule has 0 saturated carbocycles. The lowest BCUT2D eigenvalue weighted by atomic mass is 10.1. The van der Waals surface area contributed by atoms with Crippen LogP contribution in [0.25, 0.3) is 28.0 Å². The van der Waals surface area contributed by atoms with Gasteiger partial charge in [-0.25, -0.2) is 9.37 Å². The van der Waals surface area contributed by atoms with Crippen LogP contribution in [-0.4, -0.2) is 14.1 Å². The summed E-state index contributed by atoms with van der Waals surface area (Å²) >= 11 is 0. The summed E-state index contributed by atoms with van der Waals surface area (Å²) in [5.74, 6) is -0.311. The Morgan fingerprint density at radius 2 is 1.50 bits per heavy atom. The molecular weight excluding hydrogens is 377 g/mol. The van der Waals surface area contributed by atoms with Crippen molar-refractivity contribution in [3.8, 4) is 16.9 Å². The highest BCUT2D eigenvalue weighted by atomic mass is 19.1. The molecule has 0 N–H and O–H groups in total. The highest BCUT2D eigenvalue weighted by Gasteiger charge is 2.17. The number of hydrogen-bond acceptors (Lipinski definition) is 2. The van der Waals surface area contributed by atoms with Crippen LogP contribution in [0.2, 0.25) is 0 Å². The van der Waals surface area contributed by atoms with Crippen LogP contribution in [-0.2, 0) is 6.54 Å². The standard InChI is InChI=1S/C25H18FN3O/c26-20-11-13-21(14-12-20)29-23(19-9-5-2-6-10-19)15-22-24(29)27-17-28(25(22)30)16-18-7-3-1-4-8-18/h1-15,17H,16H2. The van der Waals surface area contributed by atoms with Gasteiger partial charge < -0.3 is 0 Å². The topological polar surface area (TPSA) is 39.8 Å². The Labute approximate surface area is 172 Å². The second kappa shape index (κ2) is 7.44. The largest absolute Gasteiger partial charge is 0.294 e. The van der Waals surface area contributed by atoms with Crippen molar-refractivity contribution >= 4 is 11.0 Å². The summed E-state index contributed by atoms with van der Waals surface area (Å²) in [6, 6.07) is 27.7. The summed E-state index contributed by atoms with van der Waals surface area (Å²) in [7, 11) is 0. The lowest BCUT2D eigenvalue weighted by Gasteiger charge is -2.11. The molecule has 0 unspecified atom stereocenters. The summed E-state index contributed by atoms with van der Waals surface area (Å²) in [5, 5.41) is 0.525. The van der Waals surface area contributed by atoms with Crippen molar-refractivity contribution in [1.29, 1.82) is 0 Å². The van der Waals surface area contributed by atoms with Gasteiger partial charge >= 0.3 is 0 Å². The first-order valence-corrected chi connectivity index (χ1v) is 9.67. The van der Waals surface area contributed by atoms with E-state index in [9.17, 15) is 9.18 Å². The minimum Gasteiger partial charge on any atom is -0.294 e. The Morgan fingerprint density at radius 1 is 0.833 bits per heavy atom. The molecule has 0 spiro atoms. The summed E-state index contributed by atoms with van der Waals surface area (Å²) in [4.78, 5) is 17.9. The molecule has 4 nitrogen and oxygen atoms in total. The Kier molecular flexibility index (Phi) is 4.48. The predicted molar refractivity (Wildman–Crippen MR) is 116 cm³/mol. The van der Waals surface area contributed by atoms with E-state index in [0.717, 1.165) is 22.5 Å². The minimum atomic E-state index is -0.311. The number of benzene rings is 3. The second-order valence-electron chi connectivity index (χ2n) is 7.11. The SMILES string of the molecule is O=c1c2cc(-c3ccccc3)n(-c3ccc(F)cc3)c2ncn1Cc1ccccc1. The molecule has 30 heavy (non-hydrogen) atoms. The smallest absolute Gasteiger partial charge is 0.263 e. The quantitative estimate of drug-likeness (QED) is 0.428. The first kappa shape index (κ1) is 18.1. The van der Waals surface area contributed by atoms with Crippen LogP contribution in [0.4, 0.5) is 4.39 Å². The van der Waals surface area contributed by atoms with Crippen LogP contribution >= 0.6 is 0 Å². The molecule has 0 fully saturated rings. The molecule has 0 radical (unpaired) electrons. The van der Waals surface area contributed by atoms with Gasteiger partial charge in [0.15, 0.2) is 5.65 Å². The third-order valence-corrected chi connectivity index (χ3v) is 5.14. The van der Waals surface area contributed by atoms with Gasteiger partial charge in [-0.15, -0.1) is 0 Å². The minimum absolute atomic E-state index is 0.109. The van der Waals surface area contributed by atoms with E-state index in [-0.39, 0.29) is 11.4 Å². The molecule has 2 aromatic heterocycles. The Balaban J connectivity index is 1.73. The van der Waals surface area contributed by atoms with Crippen molar-refractivity contribution < 1.29 is 4.39 Å². The van der Waals surface area contributed by atoms with Gasteiger partial charge in [0.1, 0.15) is 12.1 Å². The fraction of sp³-hybridized carbons (Fsp3) is 0.0400. The molecular formula is C25H18FN3O. The van der Waals surface area contributed by atoms with E-state index in [4.69, 9.17) is 0 Å². The number of rotatable bonds is 4. The van der Waals surface area contributed by atoms with Gasteiger partial charge in [-0.05, 0) is 41.5 Å². The number of nitrogens with zero attached hydrogens (tertiary/aromatic N) is 3. The van der Waals surface area contributed by atoms with Gasteiger partial charge in [-0.1, -0.05) is 60.7 Å². The van der Waals surface area contributed by atoms with Crippen LogP contribution in [0.3, 0.4) is 0 Å². The third-order valence-electron chi connectivity index (χ3n) is 5.14. The maximum atomic E-state index is 13.5. The zero-order chi connectivity index (χ0) is 20.5. The predicted octanol–water partition coefficient (Wildman–Crippen LogP) is 5.04. The molecule has 5 aromatic rings. The third kappa shape index (κ3) is 3.20. The molecule has 0 bridgehead atoms. The maximum absolute atomic E-state index is 13.5. The average molecular weight is 395 g/mol. The molecule has 0 aliphatic heterocycles. The van der Waals surface area contributed by atoms with Gasteiger partial charge in [0, 0.05) is 5.69 Å². The molecule has 0 amide bonds. The molecule has 5 heteroatoms. The second-order valence-corrected chi connectivity index (χ2v) is 7.11. The number of fused-ring (bicyclic) bond motifs is 1.